The van der Waals surface area contributed by atoms with Crippen molar-refractivity contribution >= 4 is 0 Å². The van der Waals surface area contributed by atoms with E-state index in [1.54, 1.807) is 0 Å². The molecule has 0 aromatic rings. The van der Waals surface area contributed by atoms with Crippen molar-refractivity contribution in [3.05, 3.63) is 0 Å². The quantitative estimate of drug-likeness (QED) is 0.465. The lowest BCUT2D eigenvalue weighted by molar-refractivity contribution is 0.245. The number of nitrogens with one attached hydrogen (secondary N) is 1. The van der Waals surface area contributed by atoms with Crippen molar-refractivity contribution < 1.29 is 0 Å². The summed E-state index contributed by atoms with van der Waals surface area (Å²) in [5.41, 5.74) is 0. The van der Waals surface area contributed by atoms with E-state index in [1.165, 1.54) is 0 Å². The highest BCUT2D eigenvalue weighted by Crippen LogP contribution is 2.09. The number of nitriles is 1. The van der Waals surface area contributed by atoms with Gasteiger partial charge in [-0.3, -0.25) is 0 Å². The molecule has 0 aromatic carbocycles. The maximum Gasteiger partial charge on any atom is 0.179 e. The first kappa shape index (κ1) is 8.35. The van der Waals surface area contributed by atoms with Crippen LogP contribution >= 0.6 is 0 Å². The normalized spacial score (nSPS) is 19.3. The van der Waals surface area contributed by atoms with Crippen LogP contribution < -0.4 is 5.32 Å². The molecule has 1 aliphatic heterocycles. The fraction of sp³-hybridized carbons (Fsp3) is 0.875. The van der Waals surface area contributed by atoms with E-state index >= 15 is 0 Å². The molecule has 0 aromatic heterocycles. The minimum absolute atomic E-state index is 0.492. The molecule has 0 bridgehead atoms. The monoisotopic (exact) mass is 153 g/mol. The largest absolute Gasteiger partial charge is 0.317 e. The third kappa shape index (κ3) is 2.09. The van der Waals surface area contributed by atoms with Crippen LogP contribution in [0.3, 0.4) is 0 Å². The molecule has 0 spiro atoms. The summed E-state index contributed by atoms with van der Waals surface area (Å²) in [6, 6.07) is 0.492. The summed E-state index contributed by atoms with van der Waals surface area (Å²) in [6.45, 7) is 5.00. The second-order valence-corrected chi connectivity index (χ2v) is 2.87. The van der Waals surface area contributed by atoms with Crippen LogP contribution in [0.5, 0.6) is 0 Å². The summed E-state index contributed by atoms with van der Waals surface area (Å²) >= 11 is 0. The van der Waals surface area contributed by atoms with Crippen LogP contribution in [0.15, 0.2) is 0 Å². The highest BCUT2D eigenvalue weighted by Gasteiger charge is 2.17. The van der Waals surface area contributed by atoms with Crippen molar-refractivity contribution in [1.82, 2.24) is 10.2 Å². The third-order valence-electron chi connectivity index (χ3n) is 2.22. The van der Waals surface area contributed by atoms with Gasteiger partial charge in [-0.2, -0.15) is 5.26 Å². The Balaban J connectivity index is 2.38. The van der Waals surface area contributed by atoms with Gasteiger partial charge in [0.25, 0.3) is 0 Å². The van der Waals surface area contributed by atoms with Crippen molar-refractivity contribution in [3.63, 3.8) is 0 Å². The molecule has 1 saturated heterocycles. The van der Waals surface area contributed by atoms with E-state index in [-0.39, 0.29) is 0 Å². The Bertz CT molecular complexity index is 144. The van der Waals surface area contributed by atoms with Crippen LogP contribution in [0.25, 0.3) is 0 Å². The molecule has 1 heterocycles. The van der Waals surface area contributed by atoms with Gasteiger partial charge in [0.05, 0.1) is 0 Å². The predicted octanol–water partition coefficient (Wildman–Crippen LogP) is 0.541. The van der Waals surface area contributed by atoms with E-state index < -0.39 is 0 Å². The molecule has 62 valence electrons. The number of rotatable bonds is 2. The zero-order chi connectivity index (χ0) is 8.10. The van der Waals surface area contributed by atoms with Gasteiger partial charge >= 0.3 is 0 Å². The minimum Gasteiger partial charge on any atom is -0.317 e. The summed E-state index contributed by atoms with van der Waals surface area (Å²) in [6.07, 6.45) is 4.45. The zero-order valence-electron chi connectivity index (χ0n) is 7.01. The van der Waals surface area contributed by atoms with Crippen LogP contribution in [-0.2, 0) is 0 Å². The molecular weight excluding hydrogens is 138 g/mol. The van der Waals surface area contributed by atoms with Gasteiger partial charge in [-0.1, -0.05) is 0 Å². The topological polar surface area (TPSA) is 39.1 Å². The molecule has 1 rings (SSSR count). The van der Waals surface area contributed by atoms with Gasteiger partial charge < -0.3 is 10.2 Å². The van der Waals surface area contributed by atoms with E-state index in [1.807, 2.05) is 11.8 Å². The van der Waals surface area contributed by atoms with Crippen molar-refractivity contribution in [2.75, 3.05) is 19.6 Å². The molecule has 0 atom stereocenters. The van der Waals surface area contributed by atoms with E-state index in [0.29, 0.717) is 6.04 Å². The Morgan fingerprint density at radius 2 is 2.18 bits per heavy atom. The van der Waals surface area contributed by atoms with Crippen molar-refractivity contribution in [1.29, 1.82) is 5.26 Å². The summed E-state index contributed by atoms with van der Waals surface area (Å²) < 4.78 is 0. The lowest BCUT2D eigenvalue weighted by Gasteiger charge is -2.29. The van der Waals surface area contributed by atoms with Crippen LogP contribution in [0, 0.1) is 11.5 Å². The average Bonchev–Trinajstić information content (AvgIpc) is 2.09. The first-order chi connectivity index (χ1) is 5.38. The second kappa shape index (κ2) is 4.20. The van der Waals surface area contributed by atoms with E-state index in [2.05, 4.69) is 11.5 Å². The Hall–Kier alpha value is -0.750. The third-order valence-corrected chi connectivity index (χ3v) is 2.22. The predicted molar refractivity (Wildman–Crippen MR) is 43.9 cm³/mol. The van der Waals surface area contributed by atoms with Crippen molar-refractivity contribution in [2.24, 2.45) is 0 Å². The summed E-state index contributed by atoms with van der Waals surface area (Å²) in [4.78, 5) is 1.88. The zero-order valence-corrected chi connectivity index (χ0v) is 7.01. The SMILES string of the molecule is CCN(C#N)C1CCNCC1. The molecule has 0 aliphatic carbocycles. The first-order valence-corrected chi connectivity index (χ1v) is 4.25. The lowest BCUT2D eigenvalue weighted by atomic mass is 10.1. The molecule has 11 heavy (non-hydrogen) atoms. The van der Waals surface area contributed by atoms with E-state index in [4.69, 9.17) is 5.26 Å². The van der Waals surface area contributed by atoms with Gasteiger partial charge in [-0.05, 0) is 32.9 Å². The first-order valence-electron chi connectivity index (χ1n) is 4.25. The Kier molecular flexibility index (Phi) is 3.18. The number of piperidine rings is 1. The molecule has 3 heteroatoms. The highest BCUT2D eigenvalue weighted by atomic mass is 15.2. The van der Waals surface area contributed by atoms with Crippen LogP contribution in [-0.4, -0.2) is 30.6 Å². The Morgan fingerprint density at radius 3 is 2.64 bits per heavy atom. The van der Waals surface area contributed by atoms with Gasteiger partial charge in [0.1, 0.15) is 0 Å². The number of nitrogens with zero attached hydrogens (tertiary/aromatic N) is 2. The van der Waals surface area contributed by atoms with Crippen molar-refractivity contribution in [2.45, 2.75) is 25.8 Å². The lowest BCUT2D eigenvalue weighted by Crippen LogP contribution is -2.40. The molecule has 1 N–H and O–H groups in total. The molecule has 0 saturated carbocycles. The summed E-state index contributed by atoms with van der Waals surface area (Å²) in [5.74, 6) is 0. The Labute approximate surface area is 68.0 Å². The maximum absolute atomic E-state index is 8.73. The standard InChI is InChI=1S/C8H15N3/c1-2-11(7-9)8-3-5-10-6-4-8/h8,10H,2-6H2,1H3. The summed E-state index contributed by atoms with van der Waals surface area (Å²) in [7, 11) is 0. The van der Waals surface area contributed by atoms with E-state index in [9.17, 15) is 0 Å². The maximum atomic E-state index is 8.73. The van der Waals surface area contributed by atoms with Gasteiger partial charge in [-0.15, -0.1) is 0 Å². The number of hydrogen-bond donors (Lipinski definition) is 1. The molecule has 1 aliphatic rings. The van der Waals surface area contributed by atoms with Gasteiger partial charge in [0.15, 0.2) is 6.19 Å². The van der Waals surface area contributed by atoms with Gasteiger partial charge in [-0.25, -0.2) is 0 Å². The molecule has 0 amide bonds. The van der Waals surface area contributed by atoms with E-state index in [0.717, 1.165) is 32.5 Å². The number of hydrogen-bond acceptors (Lipinski definition) is 3. The van der Waals surface area contributed by atoms with Crippen molar-refractivity contribution in [3.8, 4) is 6.19 Å². The molecular formula is C8H15N3. The molecule has 0 radical (unpaired) electrons. The fourth-order valence-electron chi connectivity index (χ4n) is 1.53. The second-order valence-electron chi connectivity index (χ2n) is 2.87. The van der Waals surface area contributed by atoms with Gasteiger partial charge in [0.2, 0.25) is 0 Å². The smallest absolute Gasteiger partial charge is 0.179 e. The Morgan fingerprint density at radius 1 is 1.55 bits per heavy atom. The summed E-state index contributed by atoms with van der Waals surface area (Å²) in [5, 5.41) is 12.0. The van der Waals surface area contributed by atoms with Crippen LogP contribution in [0.1, 0.15) is 19.8 Å². The molecule has 3 nitrogen and oxygen atoms in total. The fourth-order valence-corrected chi connectivity index (χ4v) is 1.53. The van der Waals surface area contributed by atoms with Crippen LogP contribution in [0.2, 0.25) is 0 Å². The molecule has 1 fully saturated rings. The highest BCUT2D eigenvalue weighted by molar-refractivity contribution is 4.84. The van der Waals surface area contributed by atoms with Gasteiger partial charge in [0, 0.05) is 12.6 Å². The van der Waals surface area contributed by atoms with Crippen LogP contribution in [0.4, 0.5) is 0 Å². The molecule has 0 unspecified atom stereocenters. The minimum atomic E-state index is 0.492. The average molecular weight is 153 g/mol.